The van der Waals surface area contributed by atoms with Crippen LogP contribution in [0.3, 0.4) is 0 Å². The number of carbonyl (C=O) groups excluding carboxylic acids is 2. The first kappa shape index (κ1) is 13.9. The molecule has 21 heavy (non-hydrogen) atoms. The Hall–Kier alpha value is -2.04. The molecule has 1 aromatic carbocycles. The molecule has 1 aliphatic heterocycles. The van der Waals surface area contributed by atoms with Crippen LogP contribution in [-0.2, 0) is 16.0 Å². The van der Waals surface area contributed by atoms with Gasteiger partial charge < -0.3 is 15.4 Å². The summed E-state index contributed by atoms with van der Waals surface area (Å²) in [6, 6.07) is 5.75. The SMILES string of the molecule is O=C1COc2ccc(CCNC(=O)C3CCCC3)cc2N1. The summed E-state index contributed by atoms with van der Waals surface area (Å²) in [4.78, 5) is 23.2. The topological polar surface area (TPSA) is 67.4 Å². The van der Waals surface area contributed by atoms with E-state index in [0.29, 0.717) is 18.0 Å². The maximum Gasteiger partial charge on any atom is 0.262 e. The zero-order valence-electron chi connectivity index (χ0n) is 12.0. The van der Waals surface area contributed by atoms with Crippen LogP contribution in [0.1, 0.15) is 31.2 Å². The van der Waals surface area contributed by atoms with Crippen molar-refractivity contribution in [1.29, 1.82) is 0 Å². The van der Waals surface area contributed by atoms with E-state index in [1.807, 2.05) is 18.2 Å². The molecule has 5 heteroatoms. The molecule has 2 aliphatic rings. The summed E-state index contributed by atoms with van der Waals surface area (Å²) in [7, 11) is 0. The number of ether oxygens (including phenoxy) is 1. The summed E-state index contributed by atoms with van der Waals surface area (Å²) < 4.78 is 5.32. The largest absolute Gasteiger partial charge is 0.482 e. The Morgan fingerprint density at radius 2 is 2.14 bits per heavy atom. The van der Waals surface area contributed by atoms with Crippen molar-refractivity contribution in [2.45, 2.75) is 32.1 Å². The van der Waals surface area contributed by atoms with E-state index in [2.05, 4.69) is 10.6 Å². The molecule has 0 spiro atoms. The normalized spacial score (nSPS) is 17.8. The third-order valence-corrected chi connectivity index (χ3v) is 4.12. The first-order valence-electron chi connectivity index (χ1n) is 7.55. The fourth-order valence-electron chi connectivity index (χ4n) is 2.95. The molecule has 0 saturated heterocycles. The van der Waals surface area contributed by atoms with Crippen molar-refractivity contribution in [3.8, 4) is 5.75 Å². The van der Waals surface area contributed by atoms with Crippen molar-refractivity contribution in [3.05, 3.63) is 23.8 Å². The Balaban J connectivity index is 1.52. The number of benzene rings is 1. The number of hydrogen-bond acceptors (Lipinski definition) is 3. The quantitative estimate of drug-likeness (QED) is 0.888. The van der Waals surface area contributed by atoms with E-state index in [4.69, 9.17) is 4.74 Å². The fraction of sp³-hybridized carbons (Fsp3) is 0.500. The highest BCUT2D eigenvalue weighted by Crippen LogP contribution is 2.28. The zero-order valence-corrected chi connectivity index (χ0v) is 12.0. The number of carbonyl (C=O) groups is 2. The predicted octanol–water partition coefficient (Wildman–Crippen LogP) is 1.87. The molecule has 1 aliphatic carbocycles. The minimum absolute atomic E-state index is 0.0732. The van der Waals surface area contributed by atoms with E-state index in [0.717, 1.165) is 24.8 Å². The summed E-state index contributed by atoms with van der Waals surface area (Å²) in [5.74, 6) is 0.964. The first-order chi connectivity index (χ1) is 10.2. The molecule has 5 nitrogen and oxygen atoms in total. The lowest BCUT2D eigenvalue weighted by Gasteiger charge is -2.18. The minimum atomic E-state index is -0.130. The highest BCUT2D eigenvalue weighted by atomic mass is 16.5. The molecule has 0 aromatic heterocycles. The summed E-state index contributed by atoms with van der Waals surface area (Å²) in [6.45, 7) is 0.701. The van der Waals surface area contributed by atoms with Gasteiger partial charge in [-0.2, -0.15) is 0 Å². The van der Waals surface area contributed by atoms with Crippen molar-refractivity contribution in [1.82, 2.24) is 5.32 Å². The second kappa shape index (κ2) is 6.16. The smallest absolute Gasteiger partial charge is 0.262 e. The van der Waals surface area contributed by atoms with E-state index < -0.39 is 0 Å². The maximum absolute atomic E-state index is 11.9. The van der Waals surface area contributed by atoms with Gasteiger partial charge in [0.15, 0.2) is 6.61 Å². The number of nitrogens with one attached hydrogen (secondary N) is 2. The van der Waals surface area contributed by atoms with Gasteiger partial charge in [0.05, 0.1) is 5.69 Å². The van der Waals surface area contributed by atoms with Crippen LogP contribution in [-0.4, -0.2) is 25.0 Å². The van der Waals surface area contributed by atoms with Gasteiger partial charge in [0.25, 0.3) is 5.91 Å². The molecule has 0 atom stereocenters. The number of rotatable bonds is 4. The second-order valence-corrected chi connectivity index (χ2v) is 5.69. The van der Waals surface area contributed by atoms with Gasteiger partial charge in [0.1, 0.15) is 5.75 Å². The van der Waals surface area contributed by atoms with Crippen LogP contribution in [0.2, 0.25) is 0 Å². The zero-order chi connectivity index (χ0) is 14.7. The Kier molecular flexibility index (Phi) is 4.08. The molecule has 1 fully saturated rings. The van der Waals surface area contributed by atoms with Crippen LogP contribution < -0.4 is 15.4 Å². The highest BCUT2D eigenvalue weighted by Gasteiger charge is 2.22. The van der Waals surface area contributed by atoms with Crippen LogP contribution >= 0.6 is 0 Å². The lowest BCUT2D eigenvalue weighted by molar-refractivity contribution is -0.124. The average molecular weight is 288 g/mol. The lowest BCUT2D eigenvalue weighted by Crippen LogP contribution is -2.31. The van der Waals surface area contributed by atoms with Crippen LogP contribution in [0.5, 0.6) is 5.75 Å². The second-order valence-electron chi connectivity index (χ2n) is 5.69. The standard InChI is InChI=1S/C16H20N2O3/c19-15-10-21-14-6-5-11(9-13(14)18-15)7-8-17-16(20)12-3-1-2-4-12/h5-6,9,12H,1-4,7-8,10H2,(H,17,20)(H,18,19). The highest BCUT2D eigenvalue weighted by molar-refractivity contribution is 5.95. The van der Waals surface area contributed by atoms with Crippen molar-refractivity contribution in [2.24, 2.45) is 5.92 Å². The molecular weight excluding hydrogens is 268 g/mol. The van der Waals surface area contributed by atoms with Gasteiger partial charge in [-0.15, -0.1) is 0 Å². The summed E-state index contributed by atoms with van der Waals surface area (Å²) in [6.07, 6.45) is 5.13. The molecule has 2 N–H and O–H groups in total. The van der Waals surface area contributed by atoms with Crippen LogP contribution in [0, 0.1) is 5.92 Å². The van der Waals surface area contributed by atoms with Gasteiger partial charge in [-0.3, -0.25) is 9.59 Å². The molecule has 0 bridgehead atoms. The molecule has 2 amide bonds. The summed E-state index contributed by atoms with van der Waals surface area (Å²) >= 11 is 0. The van der Waals surface area contributed by atoms with Gasteiger partial charge in [0.2, 0.25) is 5.91 Å². The van der Waals surface area contributed by atoms with Gasteiger partial charge in [-0.25, -0.2) is 0 Å². The minimum Gasteiger partial charge on any atom is -0.482 e. The molecule has 3 rings (SSSR count). The Bertz CT molecular complexity index is 550. The first-order valence-corrected chi connectivity index (χ1v) is 7.55. The van der Waals surface area contributed by atoms with E-state index >= 15 is 0 Å². The molecule has 0 radical (unpaired) electrons. The van der Waals surface area contributed by atoms with Crippen LogP contribution in [0.4, 0.5) is 5.69 Å². The van der Waals surface area contributed by atoms with Crippen LogP contribution in [0.15, 0.2) is 18.2 Å². The van der Waals surface area contributed by atoms with Gasteiger partial charge >= 0.3 is 0 Å². The lowest BCUT2D eigenvalue weighted by atomic mass is 10.1. The summed E-state index contributed by atoms with van der Waals surface area (Å²) in [5, 5.41) is 5.80. The van der Waals surface area contributed by atoms with Crippen molar-refractivity contribution >= 4 is 17.5 Å². The summed E-state index contributed by atoms with van der Waals surface area (Å²) in [5.41, 5.74) is 1.79. The Labute approximate surface area is 124 Å². The van der Waals surface area contributed by atoms with Crippen molar-refractivity contribution in [3.63, 3.8) is 0 Å². The van der Waals surface area contributed by atoms with Crippen molar-refractivity contribution < 1.29 is 14.3 Å². The van der Waals surface area contributed by atoms with E-state index in [-0.39, 0.29) is 24.3 Å². The molecule has 0 unspecified atom stereocenters. The molecule has 112 valence electrons. The third kappa shape index (κ3) is 3.35. The number of anilines is 1. The van der Waals surface area contributed by atoms with E-state index in [1.54, 1.807) is 0 Å². The third-order valence-electron chi connectivity index (χ3n) is 4.12. The monoisotopic (exact) mass is 288 g/mol. The van der Waals surface area contributed by atoms with Crippen LogP contribution in [0.25, 0.3) is 0 Å². The maximum atomic E-state index is 11.9. The van der Waals surface area contributed by atoms with Gasteiger partial charge in [0, 0.05) is 12.5 Å². The van der Waals surface area contributed by atoms with E-state index in [1.165, 1.54) is 12.8 Å². The number of fused-ring (bicyclic) bond motifs is 1. The van der Waals surface area contributed by atoms with E-state index in [9.17, 15) is 9.59 Å². The molecule has 1 heterocycles. The number of hydrogen-bond donors (Lipinski definition) is 2. The average Bonchev–Trinajstić information content (AvgIpc) is 3.01. The Morgan fingerprint density at radius 3 is 2.95 bits per heavy atom. The van der Waals surface area contributed by atoms with Gasteiger partial charge in [-0.1, -0.05) is 18.9 Å². The van der Waals surface area contributed by atoms with Gasteiger partial charge in [-0.05, 0) is 37.0 Å². The Morgan fingerprint density at radius 1 is 1.33 bits per heavy atom. The molecule has 1 saturated carbocycles. The number of amides is 2. The van der Waals surface area contributed by atoms with Crippen molar-refractivity contribution in [2.75, 3.05) is 18.5 Å². The fourth-order valence-corrected chi connectivity index (χ4v) is 2.95. The molecular formula is C16H20N2O3. The predicted molar refractivity (Wildman–Crippen MR) is 79.2 cm³/mol. The molecule has 1 aromatic rings.